The van der Waals surface area contributed by atoms with Gasteiger partial charge in [0.05, 0.1) is 0 Å². The van der Waals surface area contributed by atoms with Gasteiger partial charge in [0.1, 0.15) is 0 Å². The molecule has 16 heavy (non-hydrogen) atoms. The van der Waals surface area contributed by atoms with Crippen molar-refractivity contribution in [1.29, 1.82) is 0 Å². The lowest BCUT2D eigenvalue weighted by atomic mass is 9.84. The second kappa shape index (κ2) is 6.02. The van der Waals surface area contributed by atoms with Crippen LogP contribution >= 0.6 is 0 Å². The average Bonchev–Trinajstić information content (AvgIpc) is 2.60. The molecule has 0 aromatic carbocycles. The molecule has 0 aromatic heterocycles. The fraction of sp³-hybridized carbons (Fsp3) is 1.00. The molecule has 1 aliphatic rings. The van der Waals surface area contributed by atoms with Gasteiger partial charge in [0.25, 0.3) is 0 Å². The predicted octanol–water partition coefficient (Wildman–Crippen LogP) is 2.89. The monoisotopic (exact) mass is 226 g/mol. The van der Waals surface area contributed by atoms with E-state index in [0.717, 1.165) is 12.6 Å². The third kappa shape index (κ3) is 3.74. The van der Waals surface area contributed by atoms with E-state index in [4.69, 9.17) is 0 Å². The van der Waals surface area contributed by atoms with Gasteiger partial charge in [0.2, 0.25) is 0 Å². The first-order chi connectivity index (χ1) is 7.47. The van der Waals surface area contributed by atoms with Crippen LogP contribution in [0.4, 0.5) is 0 Å². The first-order valence-corrected chi connectivity index (χ1v) is 6.95. The zero-order valence-electron chi connectivity index (χ0n) is 11.8. The fourth-order valence-electron chi connectivity index (χ4n) is 2.53. The van der Waals surface area contributed by atoms with Crippen LogP contribution in [-0.4, -0.2) is 36.6 Å². The first kappa shape index (κ1) is 14.0. The Morgan fingerprint density at radius 3 is 2.62 bits per heavy atom. The van der Waals surface area contributed by atoms with Gasteiger partial charge in [0, 0.05) is 18.6 Å². The highest BCUT2D eigenvalue weighted by Gasteiger charge is 2.31. The summed E-state index contributed by atoms with van der Waals surface area (Å²) >= 11 is 0. The van der Waals surface area contributed by atoms with E-state index in [1.807, 2.05) is 0 Å². The van der Waals surface area contributed by atoms with E-state index < -0.39 is 0 Å². The molecule has 0 aliphatic carbocycles. The quantitative estimate of drug-likeness (QED) is 0.749. The van der Waals surface area contributed by atoms with Crippen LogP contribution in [-0.2, 0) is 0 Å². The number of rotatable bonds is 6. The normalized spacial score (nSPS) is 24.9. The van der Waals surface area contributed by atoms with Gasteiger partial charge in [-0.25, -0.2) is 0 Å². The molecule has 2 heteroatoms. The molecule has 2 nitrogen and oxygen atoms in total. The summed E-state index contributed by atoms with van der Waals surface area (Å²) in [6.45, 7) is 15.4. The minimum Gasteiger partial charge on any atom is -0.314 e. The maximum atomic E-state index is 3.63. The number of hydrogen-bond acceptors (Lipinski definition) is 2. The molecule has 1 aliphatic heterocycles. The molecular formula is C14H30N2. The lowest BCUT2D eigenvalue weighted by Crippen LogP contribution is -2.47. The van der Waals surface area contributed by atoms with Crippen molar-refractivity contribution in [1.82, 2.24) is 10.2 Å². The van der Waals surface area contributed by atoms with Gasteiger partial charge in [-0.15, -0.1) is 0 Å². The molecule has 1 heterocycles. The van der Waals surface area contributed by atoms with Gasteiger partial charge in [-0.3, -0.25) is 0 Å². The fourth-order valence-corrected chi connectivity index (χ4v) is 2.53. The lowest BCUT2D eigenvalue weighted by Gasteiger charge is -2.37. The predicted molar refractivity (Wildman–Crippen MR) is 71.8 cm³/mol. The highest BCUT2D eigenvalue weighted by Crippen LogP contribution is 2.26. The molecule has 2 unspecified atom stereocenters. The molecule has 0 radical (unpaired) electrons. The Hall–Kier alpha value is -0.0800. The minimum absolute atomic E-state index is 0.369. The summed E-state index contributed by atoms with van der Waals surface area (Å²) in [6, 6.07) is 1.39. The van der Waals surface area contributed by atoms with Crippen LogP contribution in [0.15, 0.2) is 0 Å². The molecule has 1 N–H and O–H groups in total. The second-order valence-electron chi connectivity index (χ2n) is 6.13. The number of nitrogens with one attached hydrogen (secondary N) is 1. The van der Waals surface area contributed by atoms with Crippen molar-refractivity contribution in [3.05, 3.63) is 0 Å². The molecule has 2 atom stereocenters. The molecule has 1 fully saturated rings. The molecule has 0 spiro atoms. The number of likely N-dealkylation sites (tertiary alicyclic amines) is 1. The van der Waals surface area contributed by atoms with Crippen molar-refractivity contribution in [3.63, 3.8) is 0 Å². The Labute approximate surface area is 102 Å². The molecule has 0 bridgehead atoms. The summed E-state index contributed by atoms with van der Waals surface area (Å²) in [5.74, 6) is 0. The van der Waals surface area contributed by atoms with Crippen LogP contribution in [0.1, 0.15) is 53.9 Å². The summed E-state index contributed by atoms with van der Waals surface area (Å²) < 4.78 is 0. The Bertz CT molecular complexity index is 201. The average molecular weight is 226 g/mol. The van der Waals surface area contributed by atoms with Crippen LogP contribution in [0.5, 0.6) is 0 Å². The van der Waals surface area contributed by atoms with E-state index in [2.05, 4.69) is 44.8 Å². The Balaban J connectivity index is 2.42. The van der Waals surface area contributed by atoms with Crippen LogP contribution in [0, 0.1) is 5.41 Å². The Morgan fingerprint density at radius 2 is 2.12 bits per heavy atom. The Kier molecular flexibility index (Phi) is 5.26. The molecule has 0 saturated carbocycles. The van der Waals surface area contributed by atoms with Crippen LogP contribution < -0.4 is 5.32 Å². The van der Waals surface area contributed by atoms with Gasteiger partial charge < -0.3 is 10.2 Å². The zero-order valence-corrected chi connectivity index (χ0v) is 11.8. The van der Waals surface area contributed by atoms with E-state index in [1.165, 1.54) is 32.4 Å². The second-order valence-corrected chi connectivity index (χ2v) is 6.13. The summed E-state index contributed by atoms with van der Waals surface area (Å²) in [7, 11) is 0. The van der Waals surface area contributed by atoms with E-state index in [1.54, 1.807) is 0 Å². The highest BCUT2D eigenvalue weighted by molar-refractivity contribution is 4.87. The summed E-state index contributed by atoms with van der Waals surface area (Å²) in [5, 5.41) is 3.63. The van der Waals surface area contributed by atoms with Crippen molar-refractivity contribution in [2.75, 3.05) is 19.6 Å². The van der Waals surface area contributed by atoms with Crippen molar-refractivity contribution in [2.45, 2.75) is 66.0 Å². The number of hydrogen-bond donors (Lipinski definition) is 1. The van der Waals surface area contributed by atoms with E-state index >= 15 is 0 Å². The van der Waals surface area contributed by atoms with Crippen LogP contribution in [0.2, 0.25) is 0 Å². The van der Waals surface area contributed by atoms with E-state index in [9.17, 15) is 0 Å². The van der Waals surface area contributed by atoms with Crippen molar-refractivity contribution in [3.8, 4) is 0 Å². The standard InChI is InChI=1S/C14H30N2/c1-6-9-15-13(3)14(4,5)11-16-10-7-8-12(16)2/h12-13,15H,6-11H2,1-5H3. The van der Waals surface area contributed by atoms with Gasteiger partial charge >= 0.3 is 0 Å². The SMILES string of the molecule is CCCNC(C)C(C)(C)CN1CCCC1C. The smallest absolute Gasteiger partial charge is 0.0102 e. The van der Waals surface area contributed by atoms with E-state index in [0.29, 0.717) is 11.5 Å². The molecular weight excluding hydrogens is 196 g/mol. The van der Waals surface area contributed by atoms with Crippen LogP contribution in [0.3, 0.4) is 0 Å². The van der Waals surface area contributed by atoms with Gasteiger partial charge in [-0.05, 0) is 51.6 Å². The maximum absolute atomic E-state index is 3.63. The summed E-state index contributed by atoms with van der Waals surface area (Å²) in [5.41, 5.74) is 0.369. The van der Waals surface area contributed by atoms with Crippen LogP contribution in [0.25, 0.3) is 0 Å². The topological polar surface area (TPSA) is 15.3 Å². The van der Waals surface area contributed by atoms with E-state index in [-0.39, 0.29) is 0 Å². The van der Waals surface area contributed by atoms with Gasteiger partial charge in [0.15, 0.2) is 0 Å². The van der Waals surface area contributed by atoms with Gasteiger partial charge in [-0.2, -0.15) is 0 Å². The third-order valence-electron chi connectivity index (χ3n) is 4.17. The molecule has 1 rings (SSSR count). The minimum atomic E-state index is 0.369. The van der Waals surface area contributed by atoms with Crippen molar-refractivity contribution in [2.24, 2.45) is 5.41 Å². The van der Waals surface area contributed by atoms with Crippen molar-refractivity contribution >= 4 is 0 Å². The largest absolute Gasteiger partial charge is 0.314 e. The summed E-state index contributed by atoms with van der Waals surface area (Å²) in [6.07, 6.45) is 3.99. The molecule has 1 saturated heterocycles. The molecule has 0 amide bonds. The Morgan fingerprint density at radius 1 is 1.44 bits per heavy atom. The number of nitrogens with zero attached hydrogens (tertiary/aromatic N) is 1. The van der Waals surface area contributed by atoms with Gasteiger partial charge in [-0.1, -0.05) is 20.8 Å². The first-order valence-electron chi connectivity index (χ1n) is 6.95. The van der Waals surface area contributed by atoms with Crippen molar-refractivity contribution < 1.29 is 0 Å². The molecule has 96 valence electrons. The maximum Gasteiger partial charge on any atom is 0.0102 e. The highest BCUT2D eigenvalue weighted by atomic mass is 15.2. The zero-order chi connectivity index (χ0) is 12.2. The summed E-state index contributed by atoms with van der Waals surface area (Å²) in [4.78, 5) is 2.66. The lowest BCUT2D eigenvalue weighted by molar-refractivity contribution is 0.138. The third-order valence-corrected chi connectivity index (χ3v) is 4.17. The molecule has 0 aromatic rings.